The number of carbonyl (C=O) groups is 1. The van der Waals surface area contributed by atoms with Crippen molar-refractivity contribution in [3.8, 4) is 0 Å². The highest BCUT2D eigenvalue weighted by Crippen LogP contribution is 2.22. The van der Waals surface area contributed by atoms with Crippen LogP contribution in [0.1, 0.15) is 32.1 Å². The van der Waals surface area contributed by atoms with Crippen molar-refractivity contribution in [3.63, 3.8) is 0 Å². The fraction of sp³-hybridized carbons (Fsp3) is 0.933. The first kappa shape index (κ1) is 15.7. The van der Waals surface area contributed by atoms with Crippen molar-refractivity contribution in [3.05, 3.63) is 0 Å². The lowest BCUT2D eigenvalue weighted by Gasteiger charge is -2.32. The zero-order valence-electron chi connectivity index (χ0n) is 12.8. The summed E-state index contributed by atoms with van der Waals surface area (Å²) in [4.78, 5) is 17.0. The van der Waals surface area contributed by atoms with E-state index in [0.717, 1.165) is 58.5 Å². The summed E-state index contributed by atoms with van der Waals surface area (Å²) in [6.45, 7) is 6.18. The fourth-order valence-corrected chi connectivity index (χ4v) is 3.20. The van der Waals surface area contributed by atoms with Gasteiger partial charge in [-0.05, 0) is 19.9 Å². The van der Waals surface area contributed by atoms with E-state index in [2.05, 4.69) is 22.2 Å². The van der Waals surface area contributed by atoms with Gasteiger partial charge < -0.3 is 16.0 Å². The molecule has 0 aromatic rings. The van der Waals surface area contributed by atoms with Crippen LogP contribution in [0.5, 0.6) is 0 Å². The Labute approximate surface area is 122 Å². The van der Waals surface area contributed by atoms with E-state index < -0.39 is 0 Å². The molecule has 0 aromatic carbocycles. The van der Waals surface area contributed by atoms with Crippen LogP contribution in [0.25, 0.3) is 0 Å². The highest BCUT2D eigenvalue weighted by atomic mass is 16.1. The first-order chi connectivity index (χ1) is 9.66. The van der Waals surface area contributed by atoms with Crippen molar-refractivity contribution < 1.29 is 4.79 Å². The van der Waals surface area contributed by atoms with Crippen LogP contribution >= 0.6 is 0 Å². The Bertz CT molecular complexity index is 302. The van der Waals surface area contributed by atoms with E-state index in [1.165, 1.54) is 12.8 Å². The maximum absolute atomic E-state index is 12.2. The number of hydrogen-bond donors (Lipinski definition) is 2. The molecule has 2 unspecified atom stereocenters. The van der Waals surface area contributed by atoms with Gasteiger partial charge in [0.2, 0.25) is 5.91 Å². The lowest BCUT2D eigenvalue weighted by molar-refractivity contribution is -0.125. The second-order valence-electron chi connectivity index (χ2n) is 6.34. The Morgan fingerprint density at radius 3 is 2.60 bits per heavy atom. The van der Waals surface area contributed by atoms with E-state index in [-0.39, 0.29) is 17.9 Å². The summed E-state index contributed by atoms with van der Waals surface area (Å²) in [6, 6.07) is 0.0566. The molecule has 3 N–H and O–H groups in total. The van der Waals surface area contributed by atoms with Crippen LogP contribution in [0.3, 0.4) is 0 Å². The van der Waals surface area contributed by atoms with E-state index in [9.17, 15) is 4.79 Å². The maximum atomic E-state index is 12.2. The van der Waals surface area contributed by atoms with Crippen LogP contribution in [-0.2, 0) is 4.79 Å². The lowest BCUT2D eigenvalue weighted by Crippen LogP contribution is -2.48. The second-order valence-corrected chi connectivity index (χ2v) is 6.34. The van der Waals surface area contributed by atoms with E-state index >= 15 is 0 Å². The van der Waals surface area contributed by atoms with Crippen molar-refractivity contribution >= 4 is 5.91 Å². The lowest BCUT2D eigenvalue weighted by atomic mass is 9.94. The number of nitrogens with two attached hydrogens (primary N) is 1. The molecule has 1 saturated carbocycles. The number of likely N-dealkylation sites (N-methyl/N-ethyl adjacent to an activating group) is 1. The van der Waals surface area contributed by atoms with Crippen LogP contribution in [-0.4, -0.2) is 68.1 Å². The Kier molecular flexibility index (Phi) is 6.26. The number of rotatable bonds is 4. The van der Waals surface area contributed by atoms with Gasteiger partial charge in [0.15, 0.2) is 0 Å². The van der Waals surface area contributed by atoms with Gasteiger partial charge in [-0.2, -0.15) is 0 Å². The number of nitrogens with zero attached hydrogens (tertiary/aromatic N) is 2. The molecule has 1 aliphatic heterocycles. The predicted molar refractivity (Wildman–Crippen MR) is 81.5 cm³/mol. The standard InChI is InChI=1S/C15H30N4O/c1-18-9-11-19(12-10-18)8-7-17-15(20)13-5-3-2-4-6-14(13)16/h13-14H,2-12,16H2,1H3,(H,17,20). The summed E-state index contributed by atoms with van der Waals surface area (Å²) < 4.78 is 0. The minimum atomic E-state index is 0.0324. The SMILES string of the molecule is CN1CCN(CCNC(=O)C2CCCCCC2N)CC1. The molecule has 1 saturated heterocycles. The molecule has 1 aliphatic carbocycles. The summed E-state index contributed by atoms with van der Waals surface area (Å²) >= 11 is 0. The predicted octanol–water partition coefficient (Wildman–Crippen LogP) is 0.258. The van der Waals surface area contributed by atoms with Crippen LogP contribution in [0.2, 0.25) is 0 Å². The molecule has 5 nitrogen and oxygen atoms in total. The summed E-state index contributed by atoms with van der Waals surface area (Å²) in [5, 5.41) is 3.09. The quantitative estimate of drug-likeness (QED) is 0.726. The molecular formula is C15H30N4O. The molecule has 1 amide bonds. The van der Waals surface area contributed by atoms with Crippen LogP contribution in [0.15, 0.2) is 0 Å². The molecule has 2 fully saturated rings. The van der Waals surface area contributed by atoms with Gasteiger partial charge in [0, 0.05) is 45.3 Å². The molecule has 1 heterocycles. The molecule has 2 aliphatic rings. The molecule has 0 aromatic heterocycles. The third-order valence-electron chi connectivity index (χ3n) is 4.73. The molecular weight excluding hydrogens is 252 g/mol. The third-order valence-corrected chi connectivity index (χ3v) is 4.73. The van der Waals surface area contributed by atoms with Crippen molar-refractivity contribution in [1.29, 1.82) is 0 Å². The fourth-order valence-electron chi connectivity index (χ4n) is 3.20. The van der Waals surface area contributed by atoms with Crippen molar-refractivity contribution in [2.24, 2.45) is 11.7 Å². The normalized spacial score (nSPS) is 29.9. The molecule has 2 atom stereocenters. The van der Waals surface area contributed by atoms with Gasteiger partial charge in [-0.15, -0.1) is 0 Å². The van der Waals surface area contributed by atoms with Crippen LogP contribution in [0, 0.1) is 5.92 Å². The second kappa shape index (κ2) is 7.96. The van der Waals surface area contributed by atoms with Gasteiger partial charge in [0.25, 0.3) is 0 Å². The van der Waals surface area contributed by atoms with E-state index in [1.807, 2.05) is 0 Å². The van der Waals surface area contributed by atoms with Gasteiger partial charge in [0.05, 0.1) is 5.92 Å². The van der Waals surface area contributed by atoms with Gasteiger partial charge in [-0.3, -0.25) is 9.69 Å². The number of hydrogen-bond acceptors (Lipinski definition) is 4. The minimum absolute atomic E-state index is 0.0324. The van der Waals surface area contributed by atoms with Gasteiger partial charge in [-0.25, -0.2) is 0 Å². The van der Waals surface area contributed by atoms with E-state index in [0.29, 0.717) is 0 Å². The molecule has 0 spiro atoms. The van der Waals surface area contributed by atoms with Crippen LogP contribution in [0.4, 0.5) is 0 Å². The number of carbonyl (C=O) groups excluding carboxylic acids is 1. The molecule has 2 rings (SSSR count). The average Bonchev–Trinajstić information content (AvgIpc) is 2.65. The first-order valence-electron chi connectivity index (χ1n) is 8.11. The summed E-state index contributed by atoms with van der Waals surface area (Å²) in [5.74, 6) is 0.207. The topological polar surface area (TPSA) is 61.6 Å². The van der Waals surface area contributed by atoms with Crippen molar-refractivity contribution in [1.82, 2.24) is 15.1 Å². The van der Waals surface area contributed by atoms with E-state index in [4.69, 9.17) is 5.73 Å². The van der Waals surface area contributed by atoms with Crippen molar-refractivity contribution in [2.45, 2.75) is 38.1 Å². The highest BCUT2D eigenvalue weighted by molar-refractivity contribution is 5.79. The number of amides is 1. The average molecular weight is 282 g/mol. The zero-order valence-corrected chi connectivity index (χ0v) is 12.8. The van der Waals surface area contributed by atoms with Crippen LogP contribution < -0.4 is 11.1 Å². The molecule has 116 valence electrons. The smallest absolute Gasteiger partial charge is 0.224 e. The number of nitrogens with one attached hydrogen (secondary N) is 1. The molecule has 20 heavy (non-hydrogen) atoms. The molecule has 0 radical (unpaired) electrons. The van der Waals surface area contributed by atoms with Gasteiger partial charge in [0.1, 0.15) is 0 Å². The Morgan fingerprint density at radius 1 is 1.15 bits per heavy atom. The Morgan fingerprint density at radius 2 is 1.85 bits per heavy atom. The molecule has 5 heteroatoms. The Balaban J connectivity index is 1.66. The van der Waals surface area contributed by atoms with Crippen molar-refractivity contribution in [2.75, 3.05) is 46.3 Å². The Hall–Kier alpha value is -0.650. The summed E-state index contributed by atoms with van der Waals surface area (Å²) in [5.41, 5.74) is 6.13. The van der Waals surface area contributed by atoms with Gasteiger partial charge >= 0.3 is 0 Å². The summed E-state index contributed by atoms with van der Waals surface area (Å²) in [7, 11) is 2.16. The number of piperazine rings is 1. The van der Waals surface area contributed by atoms with Gasteiger partial charge in [-0.1, -0.05) is 19.3 Å². The monoisotopic (exact) mass is 282 g/mol. The first-order valence-corrected chi connectivity index (χ1v) is 8.11. The maximum Gasteiger partial charge on any atom is 0.224 e. The summed E-state index contributed by atoms with van der Waals surface area (Å²) in [6.07, 6.45) is 5.49. The largest absolute Gasteiger partial charge is 0.355 e. The highest BCUT2D eigenvalue weighted by Gasteiger charge is 2.26. The zero-order chi connectivity index (χ0) is 14.4. The van der Waals surface area contributed by atoms with E-state index in [1.54, 1.807) is 0 Å². The minimum Gasteiger partial charge on any atom is -0.355 e. The molecule has 0 bridgehead atoms. The third kappa shape index (κ3) is 4.72.